The van der Waals surface area contributed by atoms with Crippen molar-refractivity contribution < 1.29 is 9.15 Å². The fourth-order valence-electron chi connectivity index (χ4n) is 4.35. The number of H-pyrrole nitrogens is 1. The SMILES string of the molecule is CN(C)C(C)(Cc1ccccc1)Oc1ccccc1-c1oc2[nH]ccc(=O)c2c1-c1ccccc1. The molecule has 2 heterocycles. The third-order valence-corrected chi connectivity index (χ3v) is 6.45. The quantitative estimate of drug-likeness (QED) is 0.285. The summed E-state index contributed by atoms with van der Waals surface area (Å²) in [4.78, 5) is 18.1. The lowest BCUT2D eigenvalue weighted by atomic mass is 9.98. The smallest absolute Gasteiger partial charge is 0.209 e. The van der Waals surface area contributed by atoms with Crippen LogP contribution in [-0.2, 0) is 6.42 Å². The van der Waals surface area contributed by atoms with E-state index in [0.29, 0.717) is 29.0 Å². The third kappa shape index (κ3) is 4.38. The first-order chi connectivity index (χ1) is 17.0. The van der Waals surface area contributed by atoms with Gasteiger partial charge in [0.1, 0.15) is 11.5 Å². The average molecular weight is 465 g/mol. The summed E-state index contributed by atoms with van der Waals surface area (Å²) in [5.41, 5.74) is 3.37. The Morgan fingerprint density at radius 1 is 0.886 bits per heavy atom. The number of benzene rings is 3. The molecule has 0 radical (unpaired) electrons. The molecule has 5 rings (SSSR count). The van der Waals surface area contributed by atoms with Gasteiger partial charge in [0.25, 0.3) is 0 Å². The van der Waals surface area contributed by atoms with E-state index < -0.39 is 5.72 Å². The van der Waals surface area contributed by atoms with Crippen LogP contribution < -0.4 is 10.2 Å². The predicted molar refractivity (Wildman–Crippen MR) is 141 cm³/mol. The Morgan fingerprint density at radius 3 is 2.26 bits per heavy atom. The third-order valence-electron chi connectivity index (χ3n) is 6.45. The Balaban J connectivity index is 1.66. The molecule has 0 aliphatic rings. The number of hydrogen-bond donors (Lipinski definition) is 1. The van der Waals surface area contributed by atoms with Crippen LogP contribution in [0.3, 0.4) is 0 Å². The lowest BCUT2D eigenvalue weighted by molar-refractivity contribution is -0.0399. The summed E-state index contributed by atoms with van der Waals surface area (Å²) in [6, 6.07) is 29.5. The molecule has 0 amide bonds. The molecule has 5 aromatic rings. The highest BCUT2D eigenvalue weighted by Crippen LogP contribution is 2.43. The lowest BCUT2D eigenvalue weighted by Crippen LogP contribution is -2.48. The van der Waals surface area contributed by atoms with Gasteiger partial charge in [0.15, 0.2) is 11.2 Å². The van der Waals surface area contributed by atoms with E-state index in [-0.39, 0.29) is 5.43 Å². The van der Waals surface area contributed by atoms with Crippen LogP contribution in [0.2, 0.25) is 0 Å². The number of hydrogen-bond acceptors (Lipinski definition) is 4. The van der Waals surface area contributed by atoms with Crippen LogP contribution in [0.25, 0.3) is 33.6 Å². The number of furan rings is 1. The standard InChI is InChI=1S/C30H28N2O3/c1-30(32(2)3,20-21-12-6-4-7-13-21)35-25-17-11-10-16-23(25)28-26(22-14-8-5-9-15-22)27-24(33)18-19-31-29(27)34-28/h4-19H,20H2,1-3H3,(H,31,33). The summed E-state index contributed by atoms with van der Waals surface area (Å²) in [7, 11) is 4.03. The molecular weight excluding hydrogens is 436 g/mol. The molecule has 1 atom stereocenters. The first kappa shape index (κ1) is 22.7. The van der Waals surface area contributed by atoms with E-state index in [1.54, 1.807) is 6.20 Å². The van der Waals surface area contributed by atoms with Gasteiger partial charge in [-0.3, -0.25) is 9.69 Å². The molecule has 2 aromatic heterocycles. The number of nitrogens with one attached hydrogen (secondary N) is 1. The molecular formula is C30H28N2O3. The summed E-state index contributed by atoms with van der Waals surface area (Å²) in [5, 5.41) is 0.531. The highest BCUT2D eigenvalue weighted by molar-refractivity contribution is 6.01. The Bertz CT molecular complexity index is 1500. The summed E-state index contributed by atoms with van der Waals surface area (Å²) in [6.07, 6.45) is 2.30. The van der Waals surface area contributed by atoms with E-state index in [4.69, 9.17) is 9.15 Å². The van der Waals surface area contributed by atoms with Crippen LogP contribution in [0.15, 0.2) is 106 Å². The van der Waals surface area contributed by atoms with E-state index in [0.717, 1.165) is 16.7 Å². The highest BCUT2D eigenvalue weighted by Gasteiger charge is 2.32. The lowest BCUT2D eigenvalue weighted by Gasteiger charge is -2.37. The van der Waals surface area contributed by atoms with E-state index in [2.05, 4.69) is 28.9 Å². The van der Waals surface area contributed by atoms with Crippen LogP contribution in [0.5, 0.6) is 5.75 Å². The second-order valence-corrected chi connectivity index (χ2v) is 9.05. The zero-order valence-corrected chi connectivity index (χ0v) is 20.1. The monoisotopic (exact) mass is 464 g/mol. The van der Waals surface area contributed by atoms with Gasteiger partial charge in [-0.1, -0.05) is 72.8 Å². The van der Waals surface area contributed by atoms with Crippen molar-refractivity contribution in [3.05, 3.63) is 113 Å². The molecule has 5 heteroatoms. The fraction of sp³-hybridized carbons (Fsp3) is 0.167. The number of rotatable bonds is 7. The molecule has 0 spiro atoms. The van der Waals surface area contributed by atoms with Crippen LogP contribution in [0.4, 0.5) is 0 Å². The second-order valence-electron chi connectivity index (χ2n) is 9.05. The highest BCUT2D eigenvalue weighted by atomic mass is 16.5. The van der Waals surface area contributed by atoms with Gasteiger partial charge in [-0.2, -0.15) is 0 Å². The summed E-state index contributed by atoms with van der Waals surface area (Å²) < 4.78 is 13.1. The number of nitrogens with zero attached hydrogens (tertiary/aromatic N) is 1. The van der Waals surface area contributed by atoms with Gasteiger partial charge in [-0.25, -0.2) is 0 Å². The van der Waals surface area contributed by atoms with Crippen molar-refractivity contribution in [2.45, 2.75) is 19.1 Å². The van der Waals surface area contributed by atoms with Crippen LogP contribution >= 0.6 is 0 Å². The van der Waals surface area contributed by atoms with Crippen molar-refractivity contribution in [1.29, 1.82) is 0 Å². The van der Waals surface area contributed by atoms with Crippen molar-refractivity contribution in [3.8, 4) is 28.2 Å². The van der Waals surface area contributed by atoms with Crippen LogP contribution in [-0.4, -0.2) is 29.7 Å². The van der Waals surface area contributed by atoms with Crippen LogP contribution in [0.1, 0.15) is 12.5 Å². The number of likely N-dealkylation sites (N-methyl/N-ethyl adjacent to an activating group) is 1. The molecule has 35 heavy (non-hydrogen) atoms. The molecule has 0 fully saturated rings. The van der Waals surface area contributed by atoms with E-state index in [9.17, 15) is 4.79 Å². The Kier molecular flexibility index (Phi) is 6.01. The van der Waals surface area contributed by atoms with Crippen molar-refractivity contribution in [2.24, 2.45) is 0 Å². The second kappa shape index (κ2) is 9.28. The first-order valence-electron chi connectivity index (χ1n) is 11.7. The number of para-hydroxylation sites is 1. The van der Waals surface area contributed by atoms with Gasteiger partial charge >= 0.3 is 0 Å². The molecule has 1 unspecified atom stereocenters. The first-order valence-corrected chi connectivity index (χ1v) is 11.7. The van der Waals surface area contributed by atoms with Crippen LogP contribution in [0, 0.1) is 0 Å². The van der Waals surface area contributed by atoms with Gasteiger partial charge in [0.05, 0.1) is 10.9 Å². The Morgan fingerprint density at radius 2 is 1.54 bits per heavy atom. The number of aromatic nitrogens is 1. The van der Waals surface area contributed by atoms with Gasteiger partial charge in [0, 0.05) is 24.2 Å². The number of pyridine rings is 1. The van der Waals surface area contributed by atoms with Gasteiger partial charge < -0.3 is 14.1 Å². The maximum Gasteiger partial charge on any atom is 0.209 e. The van der Waals surface area contributed by atoms with Crippen molar-refractivity contribution in [1.82, 2.24) is 9.88 Å². The number of aromatic amines is 1. The van der Waals surface area contributed by atoms with Crippen molar-refractivity contribution in [2.75, 3.05) is 14.1 Å². The molecule has 0 bridgehead atoms. The summed E-state index contributed by atoms with van der Waals surface area (Å²) in [6.45, 7) is 2.08. The predicted octanol–water partition coefficient (Wildman–Crippen LogP) is 6.35. The minimum Gasteiger partial charge on any atom is -0.472 e. The Hall–Kier alpha value is -4.09. The Labute approximate surface area is 204 Å². The average Bonchev–Trinajstić information content (AvgIpc) is 3.26. The molecule has 1 N–H and O–H groups in total. The number of ether oxygens (including phenoxy) is 1. The number of fused-ring (bicyclic) bond motifs is 1. The fourth-order valence-corrected chi connectivity index (χ4v) is 4.35. The summed E-state index contributed by atoms with van der Waals surface area (Å²) in [5.74, 6) is 1.28. The largest absolute Gasteiger partial charge is 0.472 e. The van der Waals surface area contributed by atoms with Crippen molar-refractivity contribution in [3.63, 3.8) is 0 Å². The van der Waals surface area contributed by atoms with Gasteiger partial charge in [0.2, 0.25) is 5.71 Å². The maximum absolute atomic E-state index is 12.9. The molecule has 0 saturated heterocycles. The molecule has 0 saturated carbocycles. The van der Waals surface area contributed by atoms with E-state index >= 15 is 0 Å². The molecule has 0 aliphatic carbocycles. The zero-order valence-electron chi connectivity index (χ0n) is 20.1. The topological polar surface area (TPSA) is 58.5 Å². The van der Waals surface area contributed by atoms with Gasteiger partial charge in [-0.05, 0) is 44.3 Å². The molecule has 5 nitrogen and oxygen atoms in total. The molecule has 176 valence electrons. The van der Waals surface area contributed by atoms with E-state index in [1.807, 2.05) is 86.9 Å². The zero-order chi connectivity index (χ0) is 24.4. The minimum absolute atomic E-state index is 0.0896. The normalized spacial score (nSPS) is 13.1. The maximum atomic E-state index is 12.9. The minimum atomic E-state index is -0.619. The van der Waals surface area contributed by atoms with Crippen molar-refractivity contribution >= 4 is 11.1 Å². The molecule has 3 aromatic carbocycles. The molecule has 0 aliphatic heterocycles. The van der Waals surface area contributed by atoms with E-state index in [1.165, 1.54) is 11.6 Å². The summed E-state index contributed by atoms with van der Waals surface area (Å²) >= 11 is 0. The van der Waals surface area contributed by atoms with Gasteiger partial charge in [-0.15, -0.1) is 0 Å².